The Morgan fingerprint density at radius 3 is 2.92 bits per heavy atom. The van der Waals surface area contributed by atoms with Crippen LogP contribution in [-0.4, -0.2) is 27.8 Å². The van der Waals surface area contributed by atoms with Gasteiger partial charge >= 0.3 is 0 Å². The van der Waals surface area contributed by atoms with Crippen LogP contribution in [0.4, 0.5) is 4.39 Å². The monoisotopic (exact) mass is 339 g/mol. The summed E-state index contributed by atoms with van der Waals surface area (Å²) in [6.07, 6.45) is 0. The van der Waals surface area contributed by atoms with E-state index >= 15 is 0 Å². The summed E-state index contributed by atoms with van der Waals surface area (Å²) in [5.74, 6) is -0.464. The minimum atomic E-state index is -0.316. The fourth-order valence-corrected chi connectivity index (χ4v) is 3.71. The Morgan fingerprint density at radius 2 is 2.08 bits per heavy atom. The van der Waals surface area contributed by atoms with Gasteiger partial charge in [-0.1, -0.05) is 12.1 Å². The van der Waals surface area contributed by atoms with E-state index in [4.69, 9.17) is 0 Å². The quantitative estimate of drug-likeness (QED) is 0.608. The number of hydrogen-bond acceptors (Lipinski definition) is 3. The molecule has 0 atom stereocenters. The number of benzene rings is 2. The van der Waals surface area contributed by atoms with Gasteiger partial charge in [-0.3, -0.25) is 4.79 Å². The summed E-state index contributed by atoms with van der Waals surface area (Å²) < 4.78 is 14.4. The van der Waals surface area contributed by atoms with Crippen LogP contribution in [0.3, 0.4) is 0 Å². The number of rotatable bonds is 3. The van der Waals surface area contributed by atoms with E-state index in [1.807, 2.05) is 24.3 Å². The minimum Gasteiger partial charge on any atom is -0.351 e. The number of thiazole rings is 1. The molecule has 0 radical (unpaired) electrons. The third-order valence-electron chi connectivity index (χ3n) is 3.87. The molecule has 0 spiro atoms. The molecular formula is C18H14FN3OS. The lowest BCUT2D eigenvalue weighted by atomic mass is 10.2. The standard InChI is InChI=1S/C18H14FN3OS/c1-22(10-17-21-14-4-2-3-5-16(14)24-17)18(23)15-9-11-8-12(19)6-7-13(11)20-15/h2-9,20H,10H2,1H3. The summed E-state index contributed by atoms with van der Waals surface area (Å²) in [6.45, 7) is 0.432. The third kappa shape index (κ3) is 2.65. The second-order valence-electron chi connectivity index (χ2n) is 5.65. The van der Waals surface area contributed by atoms with Crippen LogP contribution < -0.4 is 0 Å². The smallest absolute Gasteiger partial charge is 0.270 e. The Morgan fingerprint density at radius 1 is 1.25 bits per heavy atom. The van der Waals surface area contributed by atoms with Crippen molar-refractivity contribution in [1.29, 1.82) is 0 Å². The largest absolute Gasteiger partial charge is 0.351 e. The Bertz CT molecular complexity index is 1020. The number of amides is 1. The van der Waals surface area contributed by atoms with Crippen molar-refractivity contribution in [2.75, 3.05) is 7.05 Å². The van der Waals surface area contributed by atoms with Crippen LogP contribution in [0.1, 0.15) is 15.5 Å². The Labute approximate surface area is 141 Å². The molecule has 1 amide bonds. The molecule has 0 aliphatic heterocycles. The van der Waals surface area contributed by atoms with E-state index in [0.29, 0.717) is 17.6 Å². The summed E-state index contributed by atoms with van der Waals surface area (Å²) in [5, 5.41) is 1.57. The lowest BCUT2D eigenvalue weighted by Gasteiger charge is -2.14. The zero-order valence-electron chi connectivity index (χ0n) is 12.9. The average Bonchev–Trinajstić information content (AvgIpc) is 3.16. The maximum atomic E-state index is 13.3. The van der Waals surface area contributed by atoms with Crippen molar-refractivity contribution in [2.24, 2.45) is 0 Å². The fourth-order valence-electron chi connectivity index (χ4n) is 2.69. The van der Waals surface area contributed by atoms with E-state index in [1.165, 1.54) is 12.1 Å². The molecule has 4 nitrogen and oxygen atoms in total. The van der Waals surface area contributed by atoms with E-state index in [-0.39, 0.29) is 11.7 Å². The van der Waals surface area contributed by atoms with Crippen LogP contribution in [0.15, 0.2) is 48.5 Å². The molecule has 0 aliphatic rings. The highest BCUT2D eigenvalue weighted by atomic mass is 32.1. The molecule has 2 heterocycles. The zero-order chi connectivity index (χ0) is 16.7. The molecule has 2 aromatic carbocycles. The molecule has 0 unspecified atom stereocenters. The SMILES string of the molecule is CN(Cc1nc2ccccc2s1)C(=O)c1cc2cc(F)ccc2[nH]1. The van der Waals surface area contributed by atoms with Gasteiger partial charge in [0.1, 0.15) is 16.5 Å². The number of H-pyrrole nitrogens is 1. The summed E-state index contributed by atoms with van der Waals surface area (Å²) in [5.41, 5.74) is 2.13. The molecular weight excluding hydrogens is 325 g/mol. The van der Waals surface area contributed by atoms with Gasteiger partial charge in [-0.2, -0.15) is 0 Å². The first kappa shape index (κ1) is 14.8. The predicted molar refractivity (Wildman–Crippen MR) is 93.7 cm³/mol. The van der Waals surface area contributed by atoms with Gasteiger partial charge in [-0.05, 0) is 36.4 Å². The number of para-hydroxylation sites is 1. The van der Waals surface area contributed by atoms with Gasteiger partial charge < -0.3 is 9.88 Å². The molecule has 6 heteroatoms. The molecule has 0 bridgehead atoms. The Kier molecular flexibility index (Phi) is 3.54. The molecule has 0 saturated carbocycles. The number of aromatic nitrogens is 2. The van der Waals surface area contributed by atoms with Crippen LogP contribution in [0, 0.1) is 5.82 Å². The molecule has 4 aromatic rings. The molecule has 0 saturated heterocycles. The normalized spacial score (nSPS) is 11.2. The van der Waals surface area contributed by atoms with Crippen molar-refractivity contribution in [3.8, 4) is 0 Å². The average molecular weight is 339 g/mol. The van der Waals surface area contributed by atoms with Crippen LogP contribution in [-0.2, 0) is 6.54 Å². The highest BCUT2D eigenvalue weighted by Gasteiger charge is 2.16. The molecule has 4 rings (SSSR count). The second-order valence-corrected chi connectivity index (χ2v) is 6.77. The summed E-state index contributed by atoms with van der Waals surface area (Å²) >= 11 is 1.58. The van der Waals surface area contributed by atoms with Crippen molar-refractivity contribution in [2.45, 2.75) is 6.54 Å². The van der Waals surface area contributed by atoms with Gasteiger partial charge in [-0.15, -0.1) is 11.3 Å². The lowest BCUT2D eigenvalue weighted by molar-refractivity contribution is 0.0780. The van der Waals surface area contributed by atoms with E-state index in [9.17, 15) is 9.18 Å². The summed E-state index contributed by atoms with van der Waals surface area (Å²) in [7, 11) is 1.74. The second kappa shape index (κ2) is 5.72. The number of nitrogens with one attached hydrogen (secondary N) is 1. The van der Waals surface area contributed by atoms with E-state index in [0.717, 1.165) is 20.7 Å². The van der Waals surface area contributed by atoms with E-state index < -0.39 is 0 Å². The number of fused-ring (bicyclic) bond motifs is 2. The molecule has 0 fully saturated rings. The minimum absolute atomic E-state index is 0.147. The maximum Gasteiger partial charge on any atom is 0.270 e. The van der Waals surface area contributed by atoms with Gasteiger partial charge in [0.25, 0.3) is 5.91 Å². The Balaban J connectivity index is 1.58. The van der Waals surface area contributed by atoms with Crippen molar-refractivity contribution >= 4 is 38.4 Å². The highest BCUT2D eigenvalue weighted by molar-refractivity contribution is 7.18. The molecule has 0 aliphatic carbocycles. The number of nitrogens with zero attached hydrogens (tertiary/aromatic N) is 2. The van der Waals surface area contributed by atoms with E-state index in [2.05, 4.69) is 9.97 Å². The molecule has 2 aromatic heterocycles. The number of halogens is 1. The van der Waals surface area contributed by atoms with Crippen LogP contribution in [0.2, 0.25) is 0 Å². The number of carbonyl (C=O) groups excluding carboxylic acids is 1. The zero-order valence-corrected chi connectivity index (χ0v) is 13.7. The predicted octanol–water partition coefficient (Wildman–Crippen LogP) is 4.19. The molecule has 1 N–H and O–H groups in total. The van der Waals surface area contributed by atoms with Crippen LogP contribution >= 0.6 is 11.3 Å². The van der Waals surface area contributed by atoms with Gasteiger partial charge in [0.15, 0.2) is 0 Å². The van der Waals surface area contributed by atoms with Crippen LogP contribution in [0.5, 0.6) is 0 Å². The molecule has 24 heavy (non-hydrogen) atoms. The first-order valence-electron chi connectivity index (χ1n) is 7.48. The first-order chi connectivity index (χ1) is 11.6. The van der Waals surface area contributed by atoms with Crippen molar-refractivity contribution in [3.63, 3.8) is 0 Å². The van der Waals surface area contributed by atoms with Gasteiger partial charge in [0, 0.05) is 18.0 Å². The number of carbonyl (C=O) groups is 1. The van der Waals surface area contributed by atoms with Crippen molar-refractivity contribution in [3.05, 3.63) is 65.0 Å². The van der Waals surface area contributed by atoms with E-state index in [1.54, 1.807) is 35.4 Å². The summed E-state index contributed by atoms with van der Waals surface area (Å²) in [4.78, 5) is 21.8. The number of hydrogen-bond donors (Lipinski definition) is 1. The van der Waals surface area contributed by atoms with Crippen molar-refractivity contribution in [1.82, 2.24) is 14.9 Å². The maximum absolute atomic E-state index is 13.3. The van der Waals surface area contributed by atoms with Gasteiger partial charge in [0.2, 0.25) is 0 Å². The highest BCUT2D eigenvalue weighted by Crippen LogP contribution is 2.23. The molecule has 120 valence electrons. The third-order valence-corrected chi connectivity index (χ3v) is 4.89. The Hall–Kier alpha value is -2.73. The fraction of sp³-hybridized carbons (Fsp3) is 0.111. The van der Waals surface area contributed by atoms with Gasteiger partial charge in [-0.25, -0.2) is 9.37 Å². The summed E-state index contributed by atoms with van der Waals surface area (Å²) in [6, 6.07) is 14.0. The number of aromatic amines is 1. The first-order valence-corrected chi connectivity index (χ1v) is 8.30. The van der Waals surface area contributed by atoms with Gasteiger partial charge in [0.05, 0.1) is 16.8 Å². The van der Waals surface area contributed by atoms with Crippen LogP contribution in [0.25, 0.3) is 21.1 Å². The lowest BCUT2D eigenvalue weighted by Crippen LogP contribution is -2.26. The topological polar surface area (TPSA) is 49.0 Å². The van der Waals surface area contributed by atoms with Crippen molar-refractivity contribution < 1.29 is 9.18 Å².